The molecule has 0 saturated carbocycles. The van der Waals surface area contributed by atoms with Gasteiger partial charge in [-0.25, -0.2) is 0 Å². The Morgan fingerprint density at radius 2 is 1.65 bits per heavy atom. The van der Waals surface area contributed by atoms with Crippen LogP contribution in [-0.2, 0) is 9.53 Å². The molecular formula is C14H27NO2. The normalized spacial score (nSPS) is 30.9. The smallest absolute Gasteiger partial charge is 0.246 e. The van der Waals surface area contributed by atoms with E-state index in [-0.39, 0.29) is 24.7 Å². The van der Waals surface area contributed by atoms with Crippen LogP contribution in [-0.4, -0.2) is 24.7 Å². The van der Waals surface area contributed by atoms with Gasteiger partial charge in [-0.15, -0.1) is 0 Å². The molecule has 0 spiro atoms. The van der Waals surface area contributed by atoms with E-state index in [4.69, 9.17) is 4.74 Å². The third-order valence-electron chi connectivity index (χ3n) is 3.67. The van der Waals surface area contributed by atoms with Gasteiger partial charge in [0.25, 0.3) is 0 Å². The molecule has 0 aromatic rings. The lowest BCUT2D eigenvalue weighted by atomic mass is 9.76. The molecule has 1 aliphatic heterocycles. The van der Waals surface area contributed by atoms with Crippen LogP contribution in [0.3, 0.4) is 0 Å². The molecule has 3 heteroatoms. The van der Waals surface area contributed by atoms with Crippen LogP contribution in [0, 0.1) is 23.7 Å². The average molecular weight is 241 g/mol. The summed E-state index contributed by atoms with van der Waals surface area (Å²) < 4.78 is 5.82. The van der Waals surface area contributed by atoms with Gasteiger partial charge < -0.3 is 10.1 Å². The second-order valence-corrected chi connectivity index (χ2v) is 6.18. The molecule has 1 saturated heterocycles. The maximum absolute atomic E-state index is 11.7. The summed E-state index contributed by atoms with van der Waals surface area (Å²) >= 11 is 0. The molecule has 1 fully saturated rings. The maximum atomic E-state index is 11.7. The molecule has 3 unspecified atom stereocenters. The minimum Gasteiger partial charge on any atom is -0.368 e. The second-order valence-electron chi connectivity index (χ2n) is 6.18. The molecule has 0 radical (unpaired) electrons. The van der Waals surface area contributed by atoms with Crippen molar-refractivity contribution in [2.45, 2.75) is 53.7 Å². The van der Waals surface area contributed by atoms with Crippen LogP contribution in [0.25, 0.3) is 0 Å². The second kappa shape index (κ2) is 5.85. The molecule has 0 bridgehead atoms. The Morgan fingerprint density at radius 1 is 1.06 bits per heavy atom. The summed E-state index contributed by atoms with van der Waals surface area (Å²) in [5, 5.41) is 3.13. The van der Waals surface area contributed by atoms with Gasteiger partial charge in [0.2, 0.25) is 5.91 Å². The molecule has 1 rings (SSSR count). The zero-order valence-corrected chi connectivity index (χ0v) is 12.0. The lowest BCUT2D eigenvalue weighted by molar-refractivity contribution is -0.126. The number of ether oxygens (including phenoxy) is 1. The fourth-order valence-corrected chi connectivity index (χ4v) is 2.85. The highest BCUT2D eigenvalue weighted by Gasteiger charge is 2.39. The Hall–Kier alpha value is -0.570. The summed E-state index contributed by atoms with van der Waals surface area (Å²) in [6.07, 6.45) is 0.168. The van der Waals surface area contributed by atoms with E-state index in [1.54, 1.807) is 0 Å². The van der Waals surface area contributed by atoms with Crippen molar-refractivity contribution in [2.24, 2.45) is 23.7 Å². The first-order chi connectivity index (χ1) is 7.84. The van der Waals surface area contributed by atoms with Crippen LogP contribution in [0.1, 0.15) is 41.5 Å². The number of carbonyl (C=O) groups excluding carboxylic acids is 1. The van der Waals surface area contributed by atoms with E-state index >= 15 is 0 Å². The quantitative estimate of drug-likeness (QED) is 0.824. The summed E-state index contributed by atoms with van der Waals surface area (Å²) in [6, 6.07) is 0.220. The van der Waals surface area contributed by atoms with Crippen LogP contribution < -0.4 is 5.32 Å². The number of amides is 1. The monoisotopic (exact) mass is 241 g/mol. The Bertz CT molecular complexity index is 261. The summed E-state index contributed by atoms with van der Waals surface area (Å²) in [6.45, 7) is 13.3. The molecule has 1 N–H and O–H groups in total. The third kappa shape index (κ3) is 3.44. The highest BCUT2D eigenvalue weighted by atomic mass is 16.5. The van der Waals surface area contributed by atoms with Crippen LogP contribution in [0.2, 0.25) is 0 Å². The average Bonchev–Trinajstić information content (AvgIpc) is 2.36. The predicted octanol–water partition coefficient (Wildman–Crippen LogP) is 2.45. The lowest BCUT2D eigenvalue weighted by Crippen LogP contribution is -2.48. The first-order valence-corrected chi connectivity index (χ1v) is 6.75. The summed E-state index contributed by atoms with van der Waals surface area (Å²) in [5.74, 6) is 1.80. The third-order valence-corrected chi connectivity index (χ3v) is 3.67. The van der Waals surface area contributed by atoms with Gasteiger partial charge in [-0.05, 0) is 17.8 Å². The van der Waals surface area contributed by atoms with Gasteiger partial charge in [-0.2, -0.15) is 0 Å². The van der Waals surface area contributed by atoms with Gasteiger partial charge in [0.15, 0.2) is 0 Å². The highest BCUT2D eigenvalue weighted by molar-refractivity contribution is 5.77. The Balaban J connectivity index is 3.01. The predicted molar refractivity (Wildman–Crippen MR) is 69.7 cm³/mol. The zero-order chi connectivity index (χ0) is 13.2. The number of nitrogens with one attached hydrogen (secondary N) is 1. The van der Waals surface area contributed by atoms with Gasteiger partial charge in [0.05, 0.1) is 6.10 Å². The van der Waals surface area contributed by atoms with E-state index in [0.29, 0.717) is 23.7 Å². The van der Waals surface area contributed by atoms with Gasteiger partial charge in [0.1, 0.15) is 6.61 Å². The summed E-state index contributed by atoms with van der Waals surface area (Å²) in [7, 11) is 0. The fraction of sp³-hybridized carbons (Fsp3) is 0.929. The topological polar surface area (TPSA) is 38.3 Å². The maximum Gasteiger partial charge on any atom is 0.246 e. The largest absolute Gasteiger partial charge is 0.368 e. The van der Waals surface area contributed by atoms with Crippen LogP contribution >= 0.6 is 0 Å². The van der Waals surface area contributed by atoms with Gasteiger partial charge in [0, 0.05) is 12.0 Å². The van der Waals surface area contributed by atoms with Crippen molar-refractivity contribution in [3.63, 3.8) is 0 Å². The molecule has 1 heterocycles. The highest BCUT2D eigenvalue weighted by Crippen LogP contribution is 2.31. The van der Waals surface area contributed by atoms with E-state index in [1.165, 1.54) is 0 Å². The number of rotatable bonds is 3. The van der Waals surface area contributed by atoms with Crippen LogP contribution in [0.15, 0.2) is 0 Å². The van der Waals surface area contributed by atoms with Crippen molar-refractivity contribution in [2.75, 3.05) is 6.61 Å². The molecule has 3 atom stereocenters. The molecule has 100 valence electrons. The Morgan fingerprint density at radius 3 is 2.06 bits per heavy atom. The van der Waals surface area contributed by atoms with Crippen molar-refractivity contribution >= 4 is 5.91 Å². The van der Waals surface area contributed by atoms with E-state index in [1.807, 2.05) is 0 Å². The van der Waals surface area contributed by atoms with Gasteiger partial charge in [-0.1, -0.05) is 41.5 Å². The minimum absolute atomic E-state index is 0.0255. The fourth-order valence-electron chi connectivity index (χ4n) is 2.85. The SMILES string of the molecule is CC(C)C1NC(=O)COC(C(C)C)C1C(C)C. The van der Waals surface area contributed by atoms with Crippen molar-refractivity contribution in [1.29, 1.82) is 0 Å². The zero-order valence-electron chi connectivity index (χ0n) is 12.0. The molecule has 1 aliphatic rings. The van der Waals surface area contributed by atoms with Crippen molar-refractivity contribution in [1.82, 2.24) is 5.32 Å². The van der Waals surface area contributed by atoms with Crippen molar-refractivity contribution in [3.8, 4) is 0 Å². The van der Waals surface area contributed by atoms with E-state index < -0.39 is 0 Å². The Labute approximate surface area is 105 Å². The van der Waals surface area contributed by atoms with E-state index in [0.717, 1.165) is 0 Å². The van der Waals surface area contributed by atoms with E-state index in [9.17, 15) is 4.79 Å². The molecule has 0 aromatic carbocycles. The lowest BCUT2D eigenvalue weighted by Gasteiger charge is -2.37. The van der Waals surface area contributed by atoms with Crippen LogP contribution in [0.5, 0.6) is 0 Å². The molecule has 1 amide bonds. The number of hydrogen-bond donors (Lipinski definition) is 1. The standard InChI is InChI=1S/C14H27NO2/c1-8(2)12-13(9(3)4)15-11(16)7-17-14(12)10(5)6/h8-10,12-14H,7H2,1-6H3,(H,15,16). The van der Waals surface area contributed by atoms with Crippen LogP contribution in [0.4, 0.5) is 0 Å². The molecular weight excluding hydrogens is 214 g/mol. The first kappa shape index (κ1) is 14.5. The molecule has 3 nitrogen and oxygen atoms in total. The molecule has 0 aliphatic carbocycles. The van der Waals surface area contributed by atoms with Gasteiger partial charge >= 0.3 is 0 Å². The first-order valence-electron chi connectivity index (χ1n) is 6.75. The Kier molecular flexibility index (Phi) is 4.99. The number of carbonyl (C=O) groups is 1. The molecule has 17 heavy (non-hydrogen) atoms. The van der Waals surface area contributed by atoms with Crippen molar-refractivity contribution < 1.29 is 9.53 Å². The van der Waals surface area contributed by atoms with Crippen molar-refractivity contribution in [3.05, 3.63) is 0 Å². The van der Waals surface area contributed by atoms with E-state index in [2.05, 4.69) is 46.9 Å². The minimum atomic E-state index is 0.0255. The van der Waals surface area contributed by atoms with Gasteiger partial charge in [-0.3, -0.25) is 4.79 Å². The summed E-state index contributed by atoms with van der Waals surface area (Å²) in [5.41, 5.74) is 0. The number of hydrogen-bond acceptors (Lipinski definition) is 2. The summed E-state index contributed by atoms with van der Waals surface area (Å²) in [4.78, 5) is 11.7. The molecule has 0 aromatic heterocycles.